The smallest absolute Gasteiger partial charge is 0.652 e. The summed E-state index contributed by atoms with van der Waals surface area (Å²) in [5.41, 5.74) is 0. The molecule has 0 aromatic carbocycles. The fourth-order valence-electron chi connectivity index (χ4n) is 2.48. The van der Waals surface area contributed by atoms with Crippen molar-refractivity contribution in [1.29, 1.82) is 0 Å². The van der Waals surface area contributed by atoms with Crippen molar-refractivity contribution in [2.75, 3.05) is 0 Å². The fraction of sp³-hybridized carbons (Fsp3) is 0.842. The molecule has 5 heteroatoms. The number of hydrogen-bond acceptors (Lipinski definition) is 3. The molecule has 0 saturated heterocycles. The van der Waals surface area contributed by atoms with E-state index in [4.69, 9.17) is 15.0 Å². The van der Waals surface area contributed by atoms with Gasteiger partial charge in [-0.2, -0.15) is 0 Å². The van der Waals surface area contributed by atoms with Crippen molar-refractivity contribution in [2.45, 2.75) is 103 Å². The summed E-state index contributed by atoms with van der Waals surface area (Å²) in [6.45, 7) is 6.05. The van der Waals surface area contributed by atoms with Crippen LogP contribution in [0.15, 0.2) is 12.7 Å². The predicted octanol–water partition coefficient (Wildman–Crippen LogP) is -1.40. The fourth-order valence-corrected chi connectivity index (χ4v) is 2.48. The second-order valence-corrected chi connectivity index (χ2v) is 5.92. The molecule has 0 aromatic heterocycles. The molecule has 0 fully saturated rings. The molecule has 0 spiro atoms. The number of carboxylic acid groups (broad SMARTS) is 2. The number of allylic oxidation sites excluding steroid dienone is 1. The maximum Gasteiger partial charge on any atom is 1.00 e. The zero-order chi connectivity index (χ0) is 16.9. The molecule has 0 aliphatic rings. The standard InChI is InChI=1S/C18H36.CH2O3.2Cs/c1-3-5-7-9-11-13-15-17-18-16-14-12-10-8-6-4-2;2-1(3)4;;/h3H,1,4-18H2,2H3;(H2,2,3,4);;/q;;2*+1/p-2. The van der Waals surface area contributed by atoms with Gasteiger partial charge in [0.05, 0.1) is 0 Å². The third-order valence-corrected chi connectivity index (χ3v) is 3.76. The topological polar surface area (TPSA) is 63.2 Å². The van der Waals surface area contributed by atoms with E-state index in [1.165, 1.54) is 96.3 Å². The number of carbonyl (C=O) groups excluding carboxylic acids is 1. The van der Waals surface area contributed by atoms with E-state index in [-0.39, 0.29) is 138 Å². The first-order valence-electron chi connectivity index (χ1n) is 9.14. The van der Waals surface area contributed by atoms with Gasteiger partial charge < -0.3 is 15.0 Å². The summed E-state index contributed by atoms with van der Waals surface area (Å²) in [6.07, 6.45) is 21.1. The summed E-state index contributed by atoms with van der Waals surface area (Å²) < 4.78 is 0. The van der Waals surface area contributed by atoms with E-state index >= 15 is 0 Å². The van der Waals surface area contributed by atoms with Gasteiger partial charge in [-0.15, -0.1) is 6.58 Å². The van der Waals surface area contributed by atoms with Crippen LogP contribution < -0.4 is 148 Å². The van der Waals surface area contributed by atoms with Crippen molar-refractivity contribution in [3.05, 3.63) is 12.7 Å². The molecule has 24 heavy (non-hydrogen) atoms. The number of carbonyl (C=O) groups is 1. The molecule has 3 nitrogen and oxygen atoms in total. The Labute approximate surface area is 268 Å². The van der Waals surface area contributed by atoms with E-state index < -0.39 is 6.16 Å². The Morgan fingerprint density at radius 3 is 1.21 bits per heavy atom. The van der Waals surface area contributed by atoms with Crippen molar-refractivity contribution in [3.8, 4) is 0 Å². The molecule has 0 N–H and O–H groups in total. The average Bonchev–Trinajstić information content (AvgIpc) is 2.47. The number of unbranched alkanes of at least 4 members (excludes halogenated alkanes) is 14. The third-order valence-electron chi connectivity index (χ3n) is 3.76. The Kier molecular flexibility index (Phi) is 48.6. The SMILES string of the molecule is C=CCCCCCCCCCCCCCCCC.O=C([O-])[O-].[Cs+].[Cs+]. The van der Waals surface area contributed by atoms with E-state index in [0.29, 0.717) is 0 Å². The molecule has 0 atom stereocenters. The van der Waals surface area contributed by atoms with Gasteiger partial charge in [-0.05, 0) is 19.0 Å². The van der Waals surface area contributed by atoms with Crippen LogP contribution in [0.25, 0.3) is 0 Å². The van der Waals surface area contributed by atoms with Gasteiger partial charge in [-0.3, -0.25) is 0 Å². The molecular formula is C19H36Cs2O3. The molecule has 0 aliphatic heterocycles. The van der Waals surface area contributed by atoms with E-state index in [9.17, 15) is 0 Å². The van der Waals surface area contributed by atoms with Crippen LogP contribution in [0, 0.1) is 0 Å². The summed E-state index contributed by atoms with van der Waals surface area (Å²) in [7, 11) is 0. The second kappa shape index (κ2) is 33.7. The van der Waals surface area contributed by atoms with Crippen molar-refractivity contribution < 1.29 is 153 Å². The number of hydrogen-bond donors (Lipinski definition) is 0. The first kappa shape index (κ1) is 34.6. The Hall–Kier alpha value is 3.11. The molecular weight excluding hydrogens is 542 g/mol. The largest absolute Gasteiger partial charge is 1.00 e. The monoisotopic (exact) mass is 578 g/mol. The van der Waals surface area contributed by atoms with Crippen LogP contribution >= 0.6 is 0 Å². The Morgan fingerprint density at radius 2 is 0.958 bits per heavy atom. The first-order chi connectivity index (χ1) is 10.6. The first-order valence-corrected chi connectivity index (χ1v) is 9.14. The Balaban J connectivity index is -0.000000298. The van der Waals surface area contributed by atoms with Gasteiger partial charge >= 0.3 is 138 Å². The van der Waals surface area contributed by atoms with Crippen LogP contribution in [-0.2, 0) is 0 Å². The maximum absolute atomic E-state index is 8.33. The van der Waals surface area contributed by atoms with Gasteiger partial charge in [0.15, 0.2) is 0 Å². The van der Waals surface area contributed by atoms with Crippen LogP contribution in [-0.4, -0.2) is 6.16 Å². The zero-order valence-electron chi connectivity index (χ0n) is 16.6. The van der Waals surface area contributed by atoms with Crippen molar-refractivity contribution in [3.63, 3.8) is 0 Å². The van der Waals surface area contributed by atoms with E-state index in [1.54, 1.807) is 0 Å². The van der Waals surface area contributed by atoms with Crippen LogP contribution in [0.3, 0.4) is 0 Å². The normalized spacial score (nSPS) is 9.04. The Bertz CT molecular complexity index is 233. The number of rotatable bonds is 15. The van der Waals surface area contributed by atoms with Crippen LogP contribution in [0.5, 0.6) is 0 Å². The van der Waals surface area contributed by atoms with E-state index in [2.05, 4.69) is 13.5 Å². The molecule has 0 unspecified atom stereocenters. The van der Waals surface area contributed by atoms with Gasteiger partial charge in [0, 0.05) is 0 Å². The summed E-state index contributed by atoms with van der Waals surface area (Å²) >= 11 is 0. The average molecular weight is 578 g/mol. The third kappa shape index (κ3) is 44.5. The molecule has 0 rings (SSSR count). The summed E-state index contributed by atoms with van der Waals surface area (Å²) in [4.78, 5) is 8.33. The summed E-state index contributed by atoms with van der Waals surface area (Å²) in [5, 5.41) is 16.7. The molecule has 0 heterocycles. The van der Waals surface area contributed by atoms with E-state index in [0.717, 1.165) is 0 Å². The van der Waals surface area contributed by atoms with Crippen molar-refractivity contribution >= 4 is 6.16 Å². The van der Waals surface area contributed by atoms with Gasteiger partial charge in [0.2, 0.25) is 0 Å². The van der Waals surface area contributed by atoms with Gasteiger partial charge in [-0.1, -0.05) is 96.5 Å². The summed E-state index contributed by atoms with van der Waals surface area (Å²) in [5.74, 6) is 0. The minimum Gasteiger partial charge on any atom is -0.652 e. The van der Waals surface area contributed by atoms with Gasteiger partial charge in [-0.25, -0.2) is 0 Å². The molecule has 0 aliphatic carbocycles. The molecule has 132 valence electrons. The predicted molar refractivity (Wildman–Crippen MR) is 90.5 cm³/mol. The molecule has 0 bridgehead atoms. The van der Waals surface area contributed by atoms with Gasteiger partial charge in [0.1, 0.15) is 0 Å². The van der Waals surface area contributed by atoms with Crippen molar-refractivity contribution in [1.82, 2.24) is 0 Å². The van der Waals surface area contributed by atoms with Crippen LogP contribution in [0.2, 0.25) is 0 Å². The quantitative estimate of drug-likeness (QED) is 0.178. The molecule has 0 amide bonds. The van der Waals surface area contributed by atoms with Crippen LogP contribution in [0.1, 0.15) is 103 Å². The maximum atomic E-state index is 8.33. The van der Waals surface area contributed by atoms with Crippen LogP contribution in [0.4, 0.5) is 4.79 Å². The zero-order valence-corrected chi connectivity index (χ0v) is 29.2. The molecule has 0 radical (unpaired) electrons. The second-order valence-electron chi connectivity index (χ2n) is 5.92. The van der Waals surface area contributed by atoms with Crippen molar-refractivity contribution in [2.24, 2.45) is 0 Å². The Morgan fingerprint density at radius 1 is 0.708 bits per heavy atom. The molecule has 0 aromatic rings. The van der Waals surface area contributed by atoms with E-state index in [1.807, 2.05) is 6.08 Å². The summed E-state index contributed by atoms with van der Waals surface area (Å²) in [6, 6.07) is 0. The molecule has 0 saturated carbocycles. The van der Waals surface area contributed by atoms with Gasteiger partial charge in [0.25, 0.3) is 0 Å². The minimum absolute atomic E-state index is 0. The minimum atomic E-state index is -2.33.